The van der Waals surface area contributed by atoms with Gasteiger partial charge >= 0.3 is 11.8 Å². The minimum absolute atomic E-state index is 0.276. The zero-order chi connectivity index (χ0) is 19.6. The van der Waals surface area contributed by atoms with Crippen LogP contribution in [0.2, 0.25) is 0 Å². The Labute approximate surface area is 158 Å². The number of carbonyl (C=O) groups is 2. The SMILES string of the molecule is CN(C)[C@@H]1CCN(C(=O)C(=O)N2CCN(c3ccc(F)cc3C#N)CC2)C1. The van der Waals surface area contributed by atoms with Crippen LogP contribution in [0.25, 0.3) is 0 Å². The molecule has 2 heterocycles. The first-order chi connectivity index (χ1) is 12.9. The normalized spacial score (nSPS) is 20.1. The zero-order valence-corrected chi connectivity index (χ0v) is 15.7. The predicted octanol–water partition coefficient (Wildman–Crippen LogP) is 0.508. The Kier molecular flexibility index (Phi) is 5.61. The van der Waals surface area contributed by atoms with Crippen LogP contribution in [-0.2, 0) is 9.59 Å². The fourth-order valence-corrected chi connectivity index (χ4v) is 3.64. The zero-order valence-electron chi connectivity index (χ0n) is 15.7. The van der Waals surface area contributed by atoms with Gasteiger partial charge in [-0.2, -0.15) is 5.26 Å². The van der Waals surface area contributed by atoms with Crippen molar-refractivity contribution >= 4 is 17.5 Å². The Morgan fingerprint density at radius 1 is 1.11 bits per heavy atom. The minimum atomic E-state index is -0.464. The lowest BCUT2D eigenvalue weighted by Crippen LogP contribution is -2.53. The standard InChI is InChI=1S/C19H24FN5O2/c1-22(2)16-5-6-25(13-16)19(27)18(26)24-9-7-23(8-10-24)17-4-3-15(20)11-14(17)12-21/h3-4,11,16H,5-10,13H2,1-2H3/t16-/m1/s1. The number of halogens is 1. The average molecular weight is 373 g/mol. The summed E-state index contributed by atoms with van der Waals surface area (Å²) in [6.45, 7) is 2.99. The maximum Gasteiger partial charge on any atom is 0.312 e. The van der Waals surface area contributed by atoms with E-state index >= 15 is 0 Å². The highest BCUT2D eigenvalue weighted by Gasteiger charge is 2.34. The number of likely N-dealkylation sites (tertiary alicyclic amines) is 1. The number of hydrogen-bond acceptors (Lipinski definition) is 5. The van der Waals surface area contributed by atoms with Crippen molar-refractivity contribution in [3.05, 3.63) is 29.6 Å². The molecule has 144 valence electrons. The molecule has 2 aliphatic rings. The van der Waals surface area contributed by atoms with Crippen LogP contribution < -0.4 is 4.90 Å². The Morgan fingerprint density at radius 3 is 2.37 bits per heavy atom. The van der Waals surface area contributed by atoms with E-state index in [1.807, 2.05) is 25.1 Å². The summed E-state index contributed by atoms with van der Waals surface area (Å²) >= 11 is 0. The summed E-state index contributed by atoms with van der Waals surface area (Å²) < 4.78 is 13.3. The number of amides is 2. The number of rotatable bonds is 2. The van der Waals surface area contributed by atoms with Gasteiger partial charge in [0.2, 0.25) is 0 Å². The van der Waals surface area contributed by atoms with Gasteiger partial charge in [0.15, 0.2) is 0 Å². The molecule has 3 rings (SSSR count). The molecule has 27 heavy (non-hydrogen) atoms. The van der Waals surface area contributed by atoms with Crippen LogP contribution >= 0.6 is 0 Å². The average Bonchev–Trinajstić information content (AvgIpc) is 3.17. The molecule has 0 aliphatic carbocycles. The molecule has 0 N–H and O–H groups in total. The molecule has 2 amide bonds. The van der Waals surface area contributed by atoms with E-state index in [4.69, 9.17) is 0 Å². The quantitative estimate of drug-likeness (QED) is 0.707. The molecular formula is C19H24FN5O2. The Morgan fingerprint density at radius 2 is 1.78 bits per heavy atom. The molecular weight excluding hydrogens is 349 g/mol. The highest BCUT2D eigenvalue weighted by atomic mass is 19.1. The van der Waals surface area contributed by atoms with Crippen molar-refractivity contribution in [1.82, 2.24) is 14.7 Å². The van der Waals surface area contributed by atoms with Gasteiger partial charge in [-0.3, -0.25) is 9.59 Å². The smallest absolute Gasteiger partial charge is 0.312 e. The maximum atomic E-state index is 13.3. The van der Waals surface area contributed by atoms with Crippen molar-refractivity contribution in [1.29, 1.82) is 5.26 Å². The minimum Gasteiger partial charge on any atom is -0.367 e. The number of benzene rings is 1. The fraction of sp³-hybridized carbons (Fsp3) is 0.526. The second kappa shape index (κ2) is 7.92. The van der Waals surface area contributed by atoms with E-state index in [1.54, 1.807) is 15.9 Å². The molecule has 7 nitrogen and oxygen atoms in total. The van der Waals surface area contributed by atoms with Gasteiger partial charge in [0.1, 0.15) is 11.9 Å². The molecule has 0 aromatic heterocycles. The fourth-order valence-electron chi connectivity index (χ4n) is 3.64. The monoisotopic (exact) mass is 373 g/mol. The number of anilines is 1. The lowest BCUT2D eigenvalue weighted by Gasteiger charge is -2.36. The summed E-state index contributed by atoms with van der Waals surface area (Å²) in [6, 6.07) is 6.43. The summed E-state index contributed by atoms with van der Waals surface area (Å²) in [6.07, 6.45) is 0.876. The molecule has 0 saturated carbocycles. The molecule has 2 saturated heterocycles. The molecule has 8 heteroatoms. The van der Waals surface area contributed by atoms with Crippen LogP contribution in [0.3, 0.4) is 0 Å². The Bertz CT molecular complexity index is 768. The Balaban J connectivity index is 1.58. The van der Waals surface area contributed by atoms with Gasteiger partial charge in [-0.25, -0.2) is 4.39 Å². The van der Waals surface area contributed by atoms with Gasteiger partial charge in [0.05, 0.1) is 11.3 Å². The molecule has 0 unspecified atom stereocenters. The molecule has 1 aromatic rings. The van der Waals surface area contributed by atoms with E-state index < -0.39 is 17.6 Å². The highest BCUT2D eigenvalue weighted by molar-refractivity contribution is 6.35. The van der Waals surface area contributed by atoms with Gasteiger partial charge < -0.3 is 19.6 Å². The lowest BCUT2D eigenvalue weighted by molar-refractivity contribution is -0.151. The molecule has 2 aliphatic heterocycles. The molecule has 1 atom stereocenters. The summed E-state index contributed by atoms with van der Waals surface area (Å²) in [7, 11) is 3.95. The maximum absolute atomic E-state index is 13.3. The predicted molar refractivity (Wildman–Crippen MR) is 98.6 cm³/mol. The van der Waals surface area contributed by atoms with Gasteiger partial charge in [0.25, 0.3) is 0 Å². The van der Waals surface area contributed by atoms with Crippen molar-refractivity contribution < 1.29 is 14.0 Å². The molecule has 0 radical (unpaired) electrons. The van der Waals surface area contributed by atoms with Crippen molar-refractivity contribution in [3.63, 3.8) is 0 Å². The third-order valence-electron chi connectivity index (χ3n) is 5.35. The van der Waals surface area contributed by atoms with Gasteiger partial charge in [-0.05, 0) is 38.7 Å². The third kappa shape index (κ3) is 4.03. The first-order valence-electron chi connectivity index (χ1n) is 9.10. The first-order valence-corrected chi connectivity index (χ1v) is 9.10. The van der Waals surface area contributed by atoms with Crippen molar-refractivity contribution in [3.8, 4) is 6.07 Å². The van der Waals surface area contributed by atoms with Crippen LogP contribution in [0.15, 0.2) is 18.2 Å². The number of nitrogens with zero attached hydrogens (tertiary/aromatic N) is 5. The van der Waals surface area contributed by atoms with Crippen LogP contribution in [0.1, 0.15) is 12.0 Å². The number of carbonyl (C=O) groups excluding carboxylic acids is 2. The van der Waals surface area contributed by atoms with Crippen LogP contribution in [0, 0.1) is 17.1 Å². The third-order valence-corrected chi connectivity index (χ3v) is 5.35. The van der Waals surface area contributed by atoms with E-state index in [2.05, 4.69) is 4.90 Å². The van der Waals surface area contributed by atoms with Crippen molar-refractivity contribution in [2.24, 2.45) is 0 Å². The molecule has 2 fully saturated rings. The van der Waals surface area contributed by atoms with E-state index in [0.717, 1.165) is 6.42 Å². The summed E-state index contributed by atoms with van der Waals surface area (Å²) in [4.78, 5) is 32.3. The second-order valence-electron chi connectivity index (χ2n) is 7.21. The molecule has 0 bridgehead atoms. The largest absolute Gasteiger partial charge is 0.367 e. The van der Waals surface area contributed by atoms with E-state index in [1.165, 1.54) is 12.1 Å². The van der Waals surface area contributed by atoms with Crippen LogP contribution in [-0.4, -0.2) is 85.9 Å². The number of piperazine rings is 1. The summed E-state index contributed by atoms with van der Waals surface area (Å²) in [5.41, 5.74) is 0.934. The van der Waals surface area contributed by atoms with Crippen LogP contribution in [0.5, 0.6) is 0 Å². The van der Waals surface area contributed by atoms with Crippen molar-refractivity contribution in [2.45, 2.75) is 12.5 Å². The van der Waals surface area contributed by atoms with Crippen LogP contribution in [0.4, 0.5) is 10.1 Å². The summed E-state index contributed by atoms with van der Waals surface area (Å²) in [5.74, 6) is -1.35. The van der Waals surface area contributed by atoms with Gasteiger partial charge in [0, 0.05) is 45.3 Å². The molecule has 0 spiro atoms. The molecule has 1 aromatic carbocycles. The van der Waals surface area contributed by atoms with E-state index in [9.17, 15) is 19.2 Å². The van der Waals surface area contributed by atoms with E-state index in [-0.39, 0.29) is 5.56 Å². The second-order valence-corrected chi connectivity index (χ2v) is 7.21. The number of likely N-dealkylation sites (N-methyl/N-ethyl adjacent to an activating group) is 1. The highest BCUT2D eigenvalue weighted by Crippen LogP contribution is 2.23. The topological polar surface area (TPSA) is 70.9 Å². The Hall–Kier alpha value is -2.66. The summed E-state index contributed by atoms with van der Waals surface area (Å²) in [5, 5.41) is 9.21. The lowest BCUT2D eigenvalue weighted by atomic mass is 10.1. The number of hydrogen-bond donors (Lipinski definition) is 0. The van der Waals surface area contributed by atoms with Gasteiger partial charge in [-0.15, -0.1) is 0 Å². The van der Waals surface area contributed by atoms with Crippen molar-refractivity contribution in [2.75, 3.05) is 58.3 Å². The van der Waals surface area contributed by atoms with Gasteiger partial charge in [-0.1, -0.05) is 0 Å². The first kappa shape index (κ1) is 19.1. The van der Waals surface area contributed by atoms with E-state index in [0.29, 0.717) is 51.0 Å². The number of nitriles is 1.